The van der Waals surface area contributed by atoms with E-state index in [-0.39, 0.29) is 5.91 Å². The minimum Gasteiger partial charge on any atom is -0.302 e. The Hall–Kier alpha value is -1.27. The largest absolute Gasteiger partial charge is 0.302 e. The predicted octanol–water partition coefficient (Wildman–Crippen LogP) is 2.40. The topological polar surface area (TPSA) is 54.9 Å². The number of rotatable bonds is 3. The van der Waals surface area contributed by atoms with Crippen LogP contribution in [0.5, 0.6) is 0 Å². The van der Waals surface area contributed by atoms with Gasteiger partial charge in [0.25, 0.3) is 0 Å². The quantitative estimate of drug-likeness (QED) is 0.913. The third-order valence-electron chi connectivity index (χ3n) is 2.00. The van der Waals surface area contributed by atoms with Gasteiger partial charge in [0.2, 0.25) is 5.91 Å². The Bertz CT molecular complexity index is 490. The maximum Gasteiger partial charge on any atom is 0.231 e. The van der Waals surface area contributed by atoms with Gasteiger partial charge in [0.1, 0.15) is 0 Å². The zero-order chi connectivity index (χ0) is 11.5. The Labute approximate surface area is 101 Å². The van der Waals surface area contributed by atoms with Crippen LogP contribution in [0.25, 0.3) is 0 Å². The van der Waals surface area contributed by atoms with Crippen LogP contribution in [-0.2, 0) is 11.2 Å². The predicted molar refractivity (Wildman–Crippen MR) is 66.0 cm³/mol. The minimum atomic E-state index is -0.0401. The molecule has 0 fully saturated rings. The SMILES string of the molecule is Cc1nc(C)c(CC(=O)Nc2nccs2)s1. The molecular formula is C10H11N3OS2. The molecule has 0 saturated heterocycles. The number of anilines is 1. The molecule has 6 heteroatoms. The summed E-state index contributed by atoms with van der Waals surface area (Å²) in [4.78, 5) is 21.0. The third kappa shape index (κ3) is 2.65. The summed E-state index contributed by atoms with van der Waals surface area (Å²) in [5.41, 5.74) is 0.941. The highest BCUT2D eigenvalue weighted by molar-refractivity contribution is 7.13. The summed E-state index contributed by atoms with van der Waals surface area (Å²) in [7, 11) is 0. The maximum absolute atomic E-state index is 11.7. The molecule has 84 valence electrons. The standard InChI is InChI=1S/C10H11N3OS2/c1-6-8(16-7(2)12-6)5-9(14)13-10-11-3-4-15-10/h3-4H,5H2,1-2H3,(H,11,13,14). The first kappa shape index (κ1) is 11.2. The molecule has 0 aliphatic rings. The van der Waals surface area contributed by atoms with Crippen LogP contribution in [0.1, 0.15) is 15.6 Å². The van der Waals surface area contributed by atoms with Crippen molar-refractivity contribution in [3.63, 3.8) is 0 Å². The molecule has 0 spiro atoms. The van der Waals surface area contributed by atoms with Crippen LogP contribution >= 0.6 is 22.7 Å². The zero-order valence-electron chi connectivity index (χ0n) is 8.98. The van der Waals surface area contributed by atoms with E-state index in [9.17, 15) is 4.79 Å². The van der Waals surface area contributed by atoms with Gasteiger partial charge in [-0.05, 0) is 13.8 Å². The fraction of sp³-hybridized carbons (Fsp3) is 0.300. The summed E-state index contributed by atoms with van der Waals surface area (Å²) >= 11 is 2.98. The highest BCUT2D eigenvalue weighted by Crippen LogP contribution is 2.18. The van der Waals surface area contributed by atoms with Crippen LogP contribution in [0.4, 0.5) is 5.13 Å². The lowest BCUT2D eigenvalue weighted by Gasteiger charge is -1.99. The lowest BCUT2D eigenvalue weighted by molar-refractivity contribution is -0.115. The van der Waals surface area contributed by atoms with Gasteiger partial charge in [-0.3, -0.25) is 4.79 Å². The average molecular weight is 253 g/mol. The normalized spacial score (nSPS) is 10.4. The molecule has 1 amide bonds. The Morgan fingerprint density at radius 2 is 2.31 bits per heavy atom. The maximum atomic E-state index is 11.7. The van der Waals surface area contributed by atoms with Gasteiger partial charge in [-0.1, -0.05) is 0 Å². The number of carbonyl (C=O) groups is 1. The van der Waals surface area contributed by atoms with Gasteiger partial charge >= 0.3 is 0 Å². The van der Waals surface area contributed by atoms with E-state index in [1.807, 2.05) is 19.2 Å². The molecule has 0 aliphatic heterocycles. The first-order chi connectivity index (χ1) is 7.65. The van der Waals surface area contributed by atoms with E-state index in [0.29, 0.717) is 11.6 Å². The van der Waals surface area contributed by atoms with Crippen LogP contribution in [0.2, 0.25) is 0 Å². The molecule has 4 nitrogen and oxygen atoms in total. The van der Waals surface area contributed by atoms with Crippen LogP contribution in [-0.4, -0.2) is 15.9 Å². The molecule has 0 unspecified atom stereocenters. The number of amides is 1. The highest BCUT2D eigenvalue weighted by Gasteiger charge is 2.10. The fourth-order valence-electron chi connectivity index (χ4n) is 1.33. The van der Waals surface area contributed by atoms with E-state index in [2.05, 4.69) is 15.3 Å². The van der Waals surface area contributed by atoms with E-state index >= 15 is 0 Å². The summed E-state index contributed by atoms with van der Waals surface area (Å²) in [6, 6.07) is 0. The highest BCUT2D eigenvalue weighted by atomic mass is 32.1. The summed E-state index contributed by atoms with van der Waals surface area (Å²) in [6.45, 7) is 3.87. The second-order valence-corrected chi connectivity index (χ2v) is 5.49. The molecule has 0 radical (unpaired) electrons. The van der Waals surface area contributed by atoms with Gasteiger partial charge in [-0.25, -0.2) is 9.97 Å². The van der Waals surface area contributed by atoms with E-state index < -0.39 is 0 Å². The number of hydrogen-bond donors (Lipinski definition) is 1. The lowest BCUT2D eigenvalue weighted by atomic mass is 10.3. The zero-order valence-corrected chi connectivity index (χ0v) is 10.6. The molecule has 0 bridgehead atoms. The van der Waals surface area contributed by atoms with Gasteiger partial charge in [-0.15, -0.1) is 22.7 Å². The molecule has 0 saturated carbocycles. The second kappa shape index (κ2) is 4.71. The Balaban J connectivity index is 2.00. The Kier molecular flexibility index (Phi) is 3.31. The third-order valence-corrected chi connectivity index (χ3v) is 3.76. The number of nitrogens with one attached hydrogen (secondary N) is 1. The molecular weight excluding hydrogens is 242 g/mol. The Morgan fingerprint density at radius 3 is 2.88 bits per heavy atom. The molecule has 2 rings (SSSR count). The number of thiazole rings is 2. The van der Waals surface area contributed by atoms with E-state index in [4.69, 9.17) is 0 Å². The molecule has 16 heavy (non-hydrogen) atoms. The van der Waals surface area contributed by atoms with Crippen molar-refractivity contribution in [3.05, 3.63) is 27.2 Å². The smallest absolute Gasteiger partial charge is 0.231 e. The van der Waals surface area contributed by atoms with Crippen LogP contribution in [0, 0.1) is 13.8 Å². The van der Waals surface area contributed by atoms with E-state index in [0.717, 1.165) is 15.6 Å². The van der Waals surface area contributed by atoms with Crippen molar-refractivity contribution in [2.45, 2.75) is 20.3 Å². The van der Waals surface area contributed by atoms with Crippen LogP contribution < -0.4 is 5.32 Å². The second-order valence-electron chi connectivity index (χ2n) is 3.30. The summed E-state index contributed by atoms with van der Waals surface area (Å²) in [5.74, 6) is -0.0401. The lowest BCUT2D eigenvalue weighted by Crippen LogP contribution is -2.13. The number of hydrogen-bond acceptors (Lipinski definition) is 5. The molecule has 2 heterocycles. The monoisotopic (exact) mass is 253 g/mol. The van der Waals surface area contributed by atoms with E-state index in [1.54, 1.807) is 17.5 Å². The average Bonchev–Trinajstić information content (AvgIpc) is 2.78. The molecule has 0 atom stereocenters. The Morgan fingerprint density at radius 1 is 1.50 bits per heavy atom. The minimum absolute atomic E-state index is 0.0401. The van der Waals surface area contributed by atoms with Crippen molar-refractivity contribution in [2.24, 2.45) is 0 Å². The van der Waals surface area contributed by atoms with Gasteiger partial charge < -0.3 is 5.32 Å². The van der Waals surface area contributed by atoms with E-state index in [1.165, 1.54) is 11.3 Å². The van der Waals surface area contributed by atoms with Crippen molar-refractivity contribution in [2.75, 3.05) is 5.32 Å². The number of aromatic nitrogens is 2. The molecule has 1 N–H and O–H groups in total. The first-order valence-electron chi connectivity index (χ1n) is 4.77. The van der Waals surface area contributed by atoms with Gasteiger partial charge in [0, 0.05) is 16.5 Å². The molecule has 2 aromatic rings. The van der Waals surface area contributed by atoms with Crippen molar-refractivity contribution >= 4 is 33.7 Å². The van der Waals surface area contributed by atoms with Gasteiger partial charge in [-0.2, -0.15) is 0 Å². The summed E-state index contributed by atoms with van der Waals surface area (Å²) in [6.07, 6.45) is 2.04. The van der Waals surface area contributed by atoms with Crippen LogP contribution in [0.15, 0.2) is 11.6 Å². The van der Waals surface area contributed by atoms with Gasteiger partial charge in [0.15, 0.2) is 5.13 Å². The fourth-order valence-corrected chi connectivity index (χ4v) is 2.81. The van der Waals surface area contributed by atoms with Crippen molar-refractivity contribution in [3.8, 4) is 0 Å². The van der Waals surface area contributed by atoms with Gasteiger partial charge in [0.05, 0.1) is 17.1 Å². The number of nitrogens with zero attached hydrogens (tertiary/aromatic N) is 2. The summed E-state index contributed by atoms with van der Waals surface area (Å²) < 4.78 is 0. The van der Waals surface area contributed by atoms with Crippen molar-refractivity contribution in [1.29, 1.82) is 0 Å². The molecule has 0 aliphatic carbocycles. The number of carbonyl (C=O) groups excluding carboxylic acids is 1. The van der Waals surface area contributed by atoms with Crippen molar-refractivity contribution < 1.29 is 4.79 Å². The van der Waals surface area contributed by atoms with Crippen molar-refractivity contribution in [1.82, 2.24) is 9.97 Å². The molecule has 2 aromatic heterocycles. The van der Waals surface area contributed by atoms with Crippen LogP contribution in [0.3, 0.4) is 0 Å². The first-order valence-corrected chi connectivity index (χ1v) is 6.47. The summed E-state index contributed by atoms with van der Waals surface area (Å²) in [5, 5.41) is 6.22. The number of aryl methyl sites for hydroxylation is 2. The molecule has 0 aromatic carbocycles.